The lowest BCUT2D eigenvalue weighted by Crippen LogP contribution is -2.55. The van der Waals surface area contributed by atoms with E-state index in [1.807, 2.05) is 0 Å². The van der Waals surface area contributed by atoms with Crippen LogP contribution in [-0.2, 0) is 9.53 Å². The third-order valence-corrected chi connectivity index (χ3v) is 6.67. The van der Waals surface area contributed by atoms with Gasteiger partial charge in [-0.2, -0.15) is 0 Å². The van der Waals surface area contributed by atoms with Crippen LogP contribution in [0.2, 0.25) is 0 Å². The second-order valence-electron chi connectivity index (χ2n) is 6.30. The van der Waals surface area contributed by atoms with Crippen molar-refractivity contribution in [1.29, 1.82) is 0 Å². The van der Waals surface area contributed by atoms with Gasteiger partial charge in [0.2, 0.25) is 0 Å². The second-order valence-corrected chi connectivity index (χ2v) is 6.52. The Bertz CT molecular complexity index is 392. The first kappa shape index (κ1) is 8.76. The van der Waals surface area contributed by atoms with Crippen molar-refractivity contribution >= 4 is 17.7 Å². The molecule has 1 N–H and O–H groups in total. The molecule has 8 atom stereocenters. The Balaban J connectivity index is 1.61. The number of hydrogen-bond donors (Lipinski definition) is 1. The molecule has 16 heavy (non-hydrogen) atoms. The maximum absolute atomic E-state index is 11.9. The minimum atomic E-state index is -0.0387. The Kier molecular flexibility index (Phi) is 1.26. The first-order chi connectivity index (χ1) is 7.81. The summed E-state index contributed by atoms with van der Waals surface area (Å²) in [5.41, 5.74) is 0. The van der Waals surface area contributed by atoms with Crippen LogP contribution in [0.3, 0.4) is 0 Å². The topological polar surface area (TPSA) is 38.3 Å². The van der Waals surface area contributed by atoms with Gasteiger partial charge in [-0.1, -0.05) is 0 Å². The summed E-state index contributed by atoms with van der Waals surface area (Å²) >= 11 is 5.89. The Morgan fingerprint density at radius 2 is 1.50 bits per heavy atom. The fourth-order valence-electron chi connectivity index (χ4n) is 6.38. The highest BCUT2D eigenvalue weighted by molar-refractivity contribution is 6.13. The first-order valence-corrected chi connectivity index (χ1v) is 6.63. The van der Waals surface area contributed by atoms with E-state index in [0.29, 0.717) is 11.8 Å². The third kappa shape index (κ3) is 0.622. The monoisotopic (exact) mass is 239 g/mol. The van der Waals surface area contributed by atoms with Gasteiger partial charge < -0.3 is 4.74 Å². The molecule has 86 valence electrons. The van der Waals surface area contributed by atoms with Crippen LogP contribution < -0.4 is 4.84 Å². The molecule has 6 aliphatic rings. The highest BCUT2D eigenvalue weighted by Crippen LogP contribution is 2.92. The molecule has 4 heteroatoms. The van der Waals surface area contributed by atoms with E-state index >= 15 is 0 Å². The normalized spacial score (nSPS) is 70.4. The average Bonchev–Trinajstić information content (AvgIpc) is 3.15. The van der Waals surface area contributed by atoms with Gasteiger partial charge >= 0.3 is 5.97 Å². The maximum atomic E-state index is 11.9. The van der Waals surface area contributed by atoms with Gasteiger partial charge in [-0.25, -0.2) is 4.84 Å². The molecular weight excluding hydrogens is 226 g/mol. The fourth-order valence-corrected chi connectivity index (χ4v) is 6.66. The first-order valence-electron chi connectivity index (χ1n) is 6.25. The molecule has 6 rings (SSSR count). The molecule has 0 aromatic carbocycles. The number of rotatable bonds is 2. The van der Waals surface area contributed by atoms with Gasteiger partial charge in [0.15, 0.2) is 0 Å². The fraction of sp³-hybridized carbons (Fsp3) is 0.917. The van der Waals surface area contributed by atoms with Crippen LogP contribution in [0.1, 0.15) is 0 Å². The lowest BCUT2D eigenvalue weighted by Gasteiger charge is -2.45. The van der Waals surface area contributed by atoms with E-state index < -0.39 is 0 Å². The van der Waals surface area contributed by atoms with Gasteiger partial charge in [0.05, 0.1) is 13.0 Å². The van der Waals surface area contributed by atoms with Crippen LogP contribution in [0.25, 0.3) is 0 Å². The Morgan fingerprint density at radius 3 is 2.00 bits per heavy atom. The van der Waals surface area contributed by atoms with E-state index in [2.05, 4.69) is 4.84 Å². The summed E-state index contributed by atoms with van der Waals surface area (Å²) in [5, 5.41) is 0. The Labute approximate surface area is 99.0 Å². The standard InChI is InChI=1S/C12H14ClNO2/c1-16-12(15)10-8-4-2-3-5(8)7(3)9(6(2)4)11(10)14-13/h2-11,14H,1H3. The van der Waals surface area contributed by atoms with Gasteiger partial charge in [0, 0.05) is 6.04 Å². The van der Waals surface area contributed by atoms with E-state index in [1.54, 1.807) is 0 Å². The summed E-state index contributed by atoms with van der Waals surface area (Å²) in [4.78, 5) is 14.8. The highest BCUT2D eigenvalue weighted by Gasteiger charge is 2.91. The number of esters is 1. The summed E-state index contributed by atoms with van der Waals surface area (Å²) in [6.07, 6.45) is 0. The van der Waals surface area contributed by atoms with Gasteiger partial charge in [-0.15, -0.1) is 0 Å². The molecule has 0 heterocycles. The van der Waals surface area contributed by atoms with E-state index in [-0.39, 0.29) is 17.9 Å². The highest BCUT2D eigenvalue weighted by atomic mass is 35.5. The predicted octanol–water partition coefficient (Wildman–Crippen LogP) is 0.885. The number of halogens is 1. The largest absolute Gasteiger partial charge is 0.469 e. The van der Waals surface area contributed by atoms with Crippen molar-refractivity contribution in [1.82, 2.24) is 4.84 Å². The number of carbonyl (C=O) groups excluding carboxylic acids is 1. The molecule has 8 unspecified atom stereocenters. The summed E-state index contributed by atoms with van der Waals surface area (Å²) in [5.74, 6) is 6.72. The summed E-state index contributed by atoms with van der Waals surface area (Å²) in [6, 6.07) is 0.180. The van der Waals surface area contributed by atoms with Gasteiger partial charge in [0.25, 0.3) is 0 Å². The van der Waals surface area contributed by atoms with E-state index in [0.717, 1.165) is 35.5 Å². The van der Waals surface area contributed by atoms with Gasteiger partial charge in [-0.3, -0.25) is 4.79 Å². The van der Waals surface area contributed by atoms with Crippen molar-refractivity contribution in [2.75, 3.05) is 7.11 Å². The molecular formula is C12H14ClNO2. The number of carbonyl (C=O) groups is 1. The molecule has 2 bridgehead atoms. The Hall–Kier alpha value is -0.280. The summed E-state index contributed by atoms with van der Waals surface area (Å²) < 4.78 is 4.98. The molecule has 0 spiro atoms. The molecule has 0 amide bonds. The van der Waals surface area contributed by atoms with Crippen LogP contribution in [0.4, 0.5) is 0 Å². The zero-order chi connectivity index (χ0) is 10.8. The molecule has 0 saturated heterocycles. The van der Waals surface area contributed by atoms with Crippen molar-refractivity contribution in [3.8, 4) is 0 Å². The number of methoxy groups -OCH3 is 1. The smallest absolute Gasteiger partial charge is 0.310 e. The van der Waals surface area contributed by atoms with Crippen molar-refractivity contribution in [3.63, 3.8) is 0 Å². The molecule has 6 aliphatic carbocycles. The minimum absolute atomic E-state index is 0.0347. The van der Waals surface area contributed by atoms with Crippen LogP contribution >= 0.6 is 11.8 Å². The van der Waals surface area contributed by atoms with E-state index in [9.17, 15) is 4.79 Å². The molecule has 0 aliphatic heterocycles. The number of nitrogens with one attached hydrogen (secondary N) is 1. The van der Waals surface area contributed by atoms with Crippen molar-refractivity contribution < 1.29 is 9.53 Å². The molecule has 0 aromatic rings. The third-order valence-electron chi connectivity index (χ3n) is 6.42. The minimum Gasteiger partial charge on any atom is -0.469 e. The predicted molar refractivity (Wildman–Crippen MR) is 56.2 cm³/mol. The molecule has 0 radical (unpaired) electrons. The maximum Gasteiger partial charge on any atom is 0.310 e. The van der Waals surface area contributed by atoms with Crippen molar-refractivity contribution in [2.24, 2.45) is 53.3 Å². The summed E-state index contributed by atoms with van der Waals surface area (Å²) in [6.45, 7) is 0. The molecule has 6 fully saturated rings. The average molecular weight is 240 g/mol. The quantitative estimate of drug-likeness (QED) is 0.575. The van der Waals surface area contributed by atoms with Crippen molar-refractivity contribution in [2.45, 2.75) is 6.04 Å². The zero-order valence-corrected chi connectivity index (χ0v) is 9.72. The number of hydrogen-bond acceptors (Lipinski definition) is 3. The van der Waals surface area contributed by atoms with Gasteiger partial charge in [-0.05, 0) is 59.1 Å². The number of ether oxygens (including phenoxy) is 1. The summed E-state index contributed by atoms with van der Waals surface area (Å²) in [7, 11) is 1.50. The number of fused-ring (bicyclic) bond motifs is 1. The SMILES string of the molecule is COC(=O)C1C(NCl)C2C3C4C1C1C2C1C34. The van der Waals surface area contributed by atoms with Crippen LogP contribution in [0.5, 0.6) is 0 Å². The van der Waals surface area contributed by atoms with Crippen LogP contribution in [-0.4, -0.2) is 19.1 Å². The molecule has 3 nitrogen and oxygen atoms in total. The lowest BCUT2D eigenvalue weighted by atomic mass is 9.62. The zero-order valence-electron chi connectivity index (χ0n) is 8.97. The molecule has 6 saturated carbocycles. The van der Waals surface area contributed by atoms with E-state index in [1.165, 1.54) is 7.11 Å². The van der Waals surface area contributed by atoms with Gasteiger partial charge in [0.1, 0.15) is 0 Å². The van der Waals surface area contributed by atoms with Crippen molar-refractivity contribution in [3.05, 3.63) is 0 Å². The second kappa shape index (κ2) is 2.30. The molecule has 0 aromatic heterocycles. The van der Waals surface area contributed by atoms with E-state index in [4.69, 9.17) is 16.5 Å². The Morgan fingerprint density at radius 1 is 1.00 bits per heavy atom. The van der Waals surface area contributed by atoms with Crippen LogP contribution in [0.15, 0.2) is 0 Å². The van der Waals surface area contributed by atoms with Crippen LogP contribution in [0, 0.1) is 53.3 Å². The lowest BCUT2D eigenvalue weighted by molar-refractivity contribution is -0.153.